The summed E-state index contributed by atoms with van der Waals surface area (Å²) in [7, 11) is 1.64. The zero-order valence-electron chi connectivity index (χ0n) is 11.0. The Bertz CT molecular complexity index is 218. The summed E-state index contributed by atoms with van der Waals surface area (Å²) in [6.07, 6.45) is 5.70. The fourth-order valence-electron chi connectivity index (χ4n) is 3.16. The van der Waals surface area contributed by atoms with Crippen LogP contribution in [0.5, 0.6) is 0 Å². The Hall–Kier alpha value is -0.120. The molecule has 0 aromatic heterocycles. The Labute approximate surface area is 99.4 Å². The van der Waals surface area contributed by atoms with Crippen molar-refractivity contribution in [1.29, 1.82) is 0 Å². The summed E-state index contributed by atoms with van der Waals surface area (Å²) in [5.74, 6) is 0.709. The van der Waals surface area contributed by atoms with E-state index in [1.54, 1.807) is 7.11 Å². The Morgan fingerprint density at radius 3 is 2.75 bits per heavy atom. The van der Waals surface area contributed by atoms with E-state index in [0.717, 1.165) is 12.8 Å². The van der Waals surface area contributed by atoms with Crippen molar-refractivity contribution in [3.8, 4) is 0 Å². The molecule has 1 aliphatic rings. The van der Waals surface area contributed by atoms with E-state index in [1.165, 1.54) is 19.3 Å². The van der Waals surface area contributed by atoms with Crippen LogP contribution in [0.3, 0.4) is 0 Å². The van der Waals surface area contributed by atoms with Gasteiger partial charge in [0.1, 0.15) is 0 Å². The van der Waals surface area contributed by atoms with Crippen LogP contribution in [0, 0.1) is 11.3 Å². The van der Waals surface area contributed by atoms with Gasteiger partial charge in [0.05, 0.1) is 12.2 Å². The summed E-state index contributed by atoms with van der Waals surface area (Å²) in [4.78, 5) is 0. The van der Waals surface area contributed by atoms with Crippen molar-refractivity contribution in [3.63, 3.8) is 0 Å². The Morgan fingerprint density at radius 1 is 1.56 bits per heavy atom. The highest BCUT2D eigenvalue weighted by molar-refractivity contribution is 5.00. The lowest BCUT2D eigenvalue weighted by Crippen LogP contribution is -2.55. The molecule has 3 nitrogen and oxygen atoms in total. The van der Waals surface area contributed by atoms with Gasteiger partial charge in [0, 0.05) is 19.1 Å². The number of aliphatic hydroxyl groups is 1. The van der Waals surface area contributed by atoms with Crippen molar-refractivity contribution in [1.82, 2.24) is 0 Å². The topological polar surface area (TPSA) is 55.5 Å². The second-order valence-electron chi connectivity index (χ2n) is 5.56. The van der Waals surface area contributed by atoms with Crippen LogP contribution >= 0.6 is 0 Å². The molecule has 1 aliphatic carbocycles. The maximum absolute atomic E-state index is 10.6. The normalized spacial score (nSPS) is 34.7. The first-order chi connectivity index (χ1) is 7.51. The van der Waals surface area contributed by atoms with E-state index in [9.17, 15) is 5.11 Å². The molecule has 3 unspecified atom stereocenters. The molecule has 0 amide bonds. The Morgan fingerprint density at radius 2 is 2.25 bits per heavy atom. The SMILES string of the molecule is CCC1CCCC(CN)(C(C)(O)COC)C1. The molecule has 0 aromatic carbocycles. The van der Waals surface area contributed by atoms with E-state index in [2.05, 4.69) is 6.92 Å². The summed E-state index contributed by atoms with van der Waals surface area (Å²) >= 11 is 0. The van der Waals surface area contributed by atoms with E-state index in [0.29, 0.717) is 19.1 Å². The fourth-order valence-corrected chi connectivity index (χ4v) is 3.16. The van der Waals surface area contributed by atoms with Gasteiger partial charge in [-0.3, -0.25) is 0 Å². The van der Waals surface area contributed by atoms with Crippen molar-refractivity contribution in [2.45, 2.75) is 51.6 Å². The van der Waals surface area contributed by atoms with Gasteiger partial charge >= 0.3 is 0 Å². The molecule has 0 saturated heterocycles. The van der Waals surface area contributed by atoms with Crippen molar-refractivity contribution in [2.75, 3.05) is 20.3 Å². The Balaban J connectivity index is 2.83. The predicted molar refractivity (Wildman–Crippen MR) is 66.2 cm³/mol. The number of rotatable bonds is 5. The maximum atomic E-state index is 10.6. The zero-order chi connectivity index (χ0) is 12.2. The van der Waals surface area contributed by atoms with Gasteiger partial charge in [-0.2, -0.15) is 0 Å². The Kier molecular flexibility index (Phi) is 4.77. The zero-order valence-corrected chi connectivity index (χ0v) is 11.0. The van der Waals surface area contributed by atoms with E-state index in [4.69, 9.17) is 10.5 Å². The lowest BCUT2D eigenvalue weighted by molar-refractivity contribution is -0.131. The van der Waals surface area contributed by atoms with Gasteiger partial charge in [-0.05, 0) is 25.7 Å². The summed E-state index contributed by atoms with van der Waals surface area (Å²) in [5.41, 5.74) is 5.00. The van der Waals surface area contributed by atoms with Crippen LogP contribution in [0.15, 0.2) is 0 Å². The smallest absolute Gasteiger partial charge is 0.0919 e. The molecule has 1 fully saturated rings. The number of nitrogens with two attached hydrogens (primary N) is 1. The van der Waals surface area contributed by atoms with Gasteiger partial charge in [-0.25, -0.2) is 0 Å². The largest absolute Gasteiger partial charge is 0.387 e. The predicted octanol–water partition coefficient (Wildman–Crippen LogP) is 1.93. The molecule has 0 spiro atoms. The minimum absolute atomic E-state index is 0.151. The highest BCUT2D eigenvalue weighted by Crippen LogP contribution is 2.47. The van der Waals surface area contributed by atoms with Crippen molar-refractivity contribution >= 4 is 0 Å². The van der Waals surface area contributed by atoms with Gasteiger partial charge in [0.15, 0.2) is 0 Å². The average Bonchev–Trinajstić information content (AvgIpc) is 2.28. The van der Waals surface area contributed by atoms with Gasteiger partial charge in [-0.1, -0.05) is 26.2 Å². The lowest BCUT2D eigenvalue weighted by Gasteiger charge is -2.49. The minimum Gasteiger partial charge on any atom is -0.387 e. The molecule has 0 aliphatic heterocycles. The average molecular weight is 229 g/mol. The summed E-state index contributed by atoms with van der Waals surface area (Å²) in [5, 5.41) is 10.6. The van der Waals surface area contributed by atoms with Crippen molar-refractivity contribution in [3.05, 3.63) is 0 Å². The molecule has 0 heterocycles. The second kappa shape index (κ2) is 5.48. The first-order valence-electron chi connectivity index (χ1n) is 6.42. The highest BCUT2D eigenvalue weighted by Gasteiger charge is 2.48. The van der Waals surface area contributed by atoms with Crippen LogP contribution in [0.2, 0.25) is 0 Å². The monoisotopic (exact) mass is 229 g/mol. The van der Waals surface area contributed by atoms with Crippen LogP contribution < -0.4 is 5.73 Å². The molecule has 0 aromatic rings. The number of hydrogen-bond donors (Lipinski definition) is 2. The third-order valence-electron chi connectivity index (χ3n) is 4.48. The molecule has 3 heteroatoms. The first kappa shape index (κ1) is 13.9. The number of hydrogen-bond acceptors (Lipinski definition) is 3. The van der Waals surface area contributed by atoms with Crippen molar-refractivity contribution in [2.24, 2.45) is 17.1 Å². The van der Waals surface area contributed by atoms with Crippen LogP contribution in [0.25, 0.3) is 0 Å². The third-order valence-corrected chi connectivity index (χ3v) is 4.48. The van der Waals surface area contributed by atoms with E-state index < -0.39 is 5.60 Å². The fraction of sp³-hybridized carbons (Fsp3) is 1.00. The molecule has 96 valence electrons. The molecule has 1 saturated carbocycles. The van der Waals surface area contributed by atoms with E-state index in [1.807, 2.05) is 6.92 Å². The highest BCUT2D eigenvalue weighted by atomic mass is 16.5. The van der Waals surface area contributed by atoms with Gasteiger partial charge in [-0.15, -0.1) is 0 Å². The lowest BCUT2D eigenvalue weighted by atomic mass is 9.61. The minimum atomic E-state index is -0.801. The van der Waals surface area contributed by atoms with Gasteiger partial charge in [0.25, 0.3) is 0 Å². The van der Waals surface area contributed by atoms with Crippen LogP contribution in [0.4, 0.5) is 0 Å². The summed E-state index contributed by atoms with van der Waals surface area (Å²) < 4.78 is 5.15. The molecule has 1 rings (SSSR count). The van der Waals surface area contributed by atoms with Crippen LogP contribution in [0.1, 0.15) is 46.0 Å². The van der Waals surface area contributed by atoms with Gasteiger partial charge < -0.3 is 15.6 Å². The third kappa shape index (κ3) is 2.58. The van der Waals surface area contributed by atoms with Crippen LogP contribution in [-0.4, -0.2) is 31.0 Å². The quantitative estimate of drug-likeness (QED) is 0.757. The van der Waals surface area contributed by atoms with E-state index >= 15 is 0 Å². The molecule has 0 radical (unpaired) electrons. The maximum Gasteiger partial charge on any atom is 0.0919 e. The number of ether oxygens (including phenoxy) is 1. The molecular weight excluding hydrogens is 202 g/mol. The number of methoxy groups -OCH3 is 1. The summed E-state index contributed by atoms with van der Waals surface area (Å²) in [6.45, 7) is 5.03. The van der Waals surface area contributed by atoms with Gasteiger partial charge in [0.2, 0.25) is 0 Å². The molecule has 16 heavy (non-hydrogen) atoms. The first-order valence-corrected chi connectivity index (χ1v) is 6.42. The molecular formula is C13H27NO2. The molecule has 0 bridgehead atoms. The van der Waals surface area contributed by atoms with Crippen molar-refractivity contribution < 1.29 is 9.84 Å². The molecule has 3 atom stereocenters. The molecule has 3 N–H and O–H groups in total. The van der Waals surface area contributed by atoms with E-state index in [-0.39, 0.29) is 5.41 Å². The van der Waals surface area contributed by atoms with Crippen LogP contribution in [-0.2, 0) is 4.74 Å². The summed E-state index contributed by atoms with van der Waals surface area (Å²) in [6, 6.07) is 0. The second-order valence-corrected chi connectivity index (χ2v) is 5.56. The standard InChI is InChI=1S/C13H27NO2/c1-4-11-6-5-7-13(8-11,9-14)12(2,15)10-16-3/h11,15H,4-10,14H2,1-3H3.